The monoisotopic (exact) mass is 299 g/mol. The molecule has 0 aliphatic carbocycles. The van der Waals surface area contributed by atoms with Crippen molar-refractivity contribution >= 4 is 17.6 Å². The smallest absolute Gasteiger partial charge is 0.335 e. The van der Waals surface area contributed by atoms with Gasteiger partial charge < -0.3 is 15.2 Å². The number of hydrogen-bond acceptors (Lipinski definition) is 3. The summed E-state index contributed by atoms with van der Waals surface area (Å²) >= 11 is 0. The largest absolute Gasteiger partial charge is 0.484 e. The summed E-state index contributed by atoms with van der Waals surface area (Å²) in [4.78, 5) is 22.7. The molecule has 1 amide bonds. The van der Waals surface area contributed by atoms with Crippen molar-refractivity contribution in [1.82, 2.24) is 0 Å². The Hall–Kier alpha value is -2.82. The first-order chi connectivity index (χ1) is 10.5. The molecular weight excluding hydrogens is 282 g/mol. The summed E-state index contributed by atoms with van der Waals surface area (Å²) in [5.74, 6) is -0.819. The van der Waals surface area contributed by atoms with E-state index in [4.69, 9.17) is 9.84 Å². The van der Waals surface area contributed by atoms with E-state index >= 15 is 0 Å². The van der Waals surface area contributed by atoms with Crippen LogP contribution in [0.25, 0.3) is 0 Å². The molecule has 5 nitrogen and oxygen atoms in total. The maximum absolute atomic E-state index is 11.9. The van der Waals surface area contributed by atoms with Gasteiger partial charge in [0, 0.05) is 5.69 Å². The zero-order chi connectivity index (χ0) is 16.1. The number of benzene rings is 2. The van der Waals surface area contributed by atoms with Crippen LogP contribution < -0.4 is 10.1 Å². The molecule has 114 valence electrons. The van der Waals surface area contributed by atoms with Crippen molar-refractivity contribution < 1.29 is 19.4 Å². The van der Waals surface area contributed by atoms with E-state index in [1.165, 1.54) is 24.3 Å². The maximum atomic E-state index is 11.9. The predicted octanol–water partition coefficient (Wildman–Crippen LogP) is 3.02. The molecule has 0 radical (unpaired) electrons. The molecule has 2 aromatic rings. The molecule has 0 fully saturated rings. The van der Waals surface area contributed by atoms with Gasteiger partial charge in [-0.05, 0) is 49.2 Å². The van der Waals surface area contributed by atoms with Crippen LogP contribution in [0.1, 0.15) is 21.5 Å². The molecule has 5 heteroatoms. The Morgan fingerprint density at radius 3 is 2.18 bits per heavy atom. The van der Waals surface area contributed by atoms with Crippen LogP contribution >= 0.6 is 0 Å². The Bertz CT molecular complexity index is 672. The first-order valence-corrected chi connectivity index (χ1v) is 6.79. The molecule has 0 aromatic heterocycles. The zero-order valence-corrected chi connectivity index (χ0v) is 12.4. The number of carbonyl (C=O) groups excluding carboxylic acids is 1. The normalized spacial score (nSPS) is 10.1. The summed E-state index contributed by atoms with van der Waals surface area (Å²) in [6.45, 7) is 3.71. The minimum absolute atomic E-state index is 0.139. The minimum Gasteiger partial charge on any atom is -0.484 e. The minimum atomic E-state index is -1.00. The van der Waals surface area contributed by atoms with Crippen molar-refractivity contribution in [3.63, 3.8) is 0 Å². The number of carbonyl (C=O) groups is 2. The van der Waals surface area contributed by atoms with Gasteiger partial charge in [-0.2, -0.15) is 0 Å². The summed E-state index contributed by atoms with van der Waals surface area (Å²) in [6.07, 6.45) is 0. The van der Waals surface area contributed by atoms with Gasteiger partial charge in [-0.25, -0.2) is 4.79 Å². The van der Waals surface area contributed by atoms with Gasteiger partial charge in [0.15, 0.2) is 6.61 Å². The number of carboxylic acids is 1. The molecule has 0 saturated heterocycles. The quantitative estimate of drug-likeness (QED) is 0.890. The first kappa shape index (κ1) is 15.6. The fourth-order valence-electron chi connectivity index (χ4n) is 2.03. The fraction of sp³-hybridized carbons (Fsp3) is 0.176. The number of aromatic carboxylic acids is 1. The summed E-state index contributed by atoms with van der Waals surface area (Å²) in [5, 5.41) is 11.6. The Morgan fingerprint density at radius 1 is 1.05 bits per heavy atom. The highest BCUT2D eigenvalue weighted by atomic mass is 16.5. The number of aryl methyl sites for hydroxylation is 2. The molecule has 2 rings (SSSR count). The van der Waals surface area contributed by atoms with E-state index in [1.54, 1.807) is 0 Å². The van der Waals surface area contributed by atoms with E-state index in [0.717, 1.165) is 16.8 Å². The number of amides is 1. The van der Waals surface area contributed by atoms with Gasteiger partial charge in [0.25, 0.3) is 5.91 Å². The Labute approximate surface area is 128 Å². The van der Waals surface area contributed by atoms with E-state index in [-0.39, 0.29) is 18.1 Å². The average molecular weight is 299 g/mol. The van der Waals surface area contributed by atoms with Crippen LogP contribution in [0.3, 0.4) is 0 Å². The lowest BCUT2D eigenvalue weighted by Crippen LogP contribution is -2.21. The number of anilines is 1. The van der Waals surface area contributed by atoms with Crippen LogP contribution in [0.2, 0.25) is 0 Å². The number of rotatable bonds is 5. The molecular formula is C17H17NO4. The van der Waals surface area contributed by atoms with Crippen molar-refractivity contribution in [2.24, 2.45) is 0 Å². The van der Waals surface area contributed by atoms with Crippen molar-refractivity contribution in [3.8, 4) is 5.75 Å². The molecule has 0 aliphatic heterocycles. The molecule has 0 bridgehead atoms. The third-order valence-electron chi connectivity index (χ3n) is 3.22. The highest BCUT2D eigenvalue weighted by molar-refractivity contribution is 5.93. The van der Waals surface area contributed by atoms with Crippen molar-refractivity contribution in [1.29, 1.82) is 0 Å². The average Bonchev–Trinajstić information content (AvgIpc) is 2.49. The second-order valence-electron chi connectivity index (χ2n) is 4.93. The van der Waals surface area contributed by atoms with Crippen LogP contribution in [0.5, 0.6) is 5.75 Å². The van der Waals surface area contributed by atoms with E-state index in [1.807, 2.05) is 32.0 Å². The standard InChI is InChI=1S/C17H17NO4/c1-11-4-3-5-12(2)16(11)18-15(19)10-22-14-8-6-13(7-9-14)17(20)21/h3-9H,10H2,1-2H3,(H,18,19)(H,20,21). The van der Waals surface area contributed by atoms with Crippen molar-refractivity contribution in [2.75, 3.05) is 11.9 Å². The summed E-state index contributed by atoms with van der Waals surface area (Å²) in [7, 11) is 0. The fourth-order valence-corrected chi connectivity index (χ4v) is 2.03. The van der Waals surface area contributed by atoms with Crippen LogP contribution in [0.15, 0.2) is 42.5 Å². The van der Waals surface area contributed by atoms with E-state index in [0.29, 0.717) is 5.75 Å². The molecule has 0 unspecified atom stereocenters. The lowest BCUT2D eigenvalue weighted by atomic mass is 10.1. The van der Waals surface area contributed by atoms with Gasteiger partial charge >= 0.3 is 5.97 Å². The number of hydrogen-bond donors (Lipinski definition) is 2. The van der Waals surface area contributed by atoms with E-state index < -0.39 is 5.97 Å². The zero-order valence-electron chi connectivity index (χ0n) is 12.4. The Morgan fingerprint density at radius 2 is 1.64 bits per heavy atom. The molecule has 0 atom stereocenters. The first-order valence-electron chi connectivity index (χ1n) is 6.79. The van der Waals surface area contributed by atoms with Gasteiger partial charge in [-0.3, -0.25) is 4.79 Å². The van der Waals surface area contributed by atoms with Gasteiger partial charge in [0.1, 0.15) is 5.75 Å². The second kappa shape index (κ2) is 6.76. The SMILES string of the molecule is Cc1cccc(C)c1NC(=O)COc1ccc(C(=O)O)cc1. The number of para-hydroxylation sites is 1. The lowest BCUT2D eigenvalue weighted by molar-refractivity contribution is -0.118. The van der Waals surface area contributed by atoms with E-state index in [9.17, 15) is 9.59 Å². The van der Waals surface area contributed by atoms with Gasteiger partial charge in [-0.1, -0.05) is 18.2 Å². The second-order valence-corrected chi connectivity index (χ2v) is 4.93. The lowest BCUT2D eigenvalue weighted by Gasteiger charge is -2.12. The Balaban J connectivity index is 1.94. The van der Waals surface area contributed by atoms with Gasteiger partial charge in [-0.15, -0.1) is 0 Å². The third-order valence-corrected chi connectivity index (χ3v) is 3.22. The Kier molecular flexibility index (Phi) is 4.78. The van der Waals surface area contributed by atoms with Crippen LogP contribution in [0, 0.1) is 13.8 Å². The predicted molar refractivity (Wildman–Crippen MR) is 83.4 cm³/mol. The highest BCUT2D eigenvalue weighted by Gasteiger charge is 2.08. The van der Waals surface area contributed by atoms with Crippen LogP contribution in [-0.4, -0.2) is 23.6 Å². The summed E-state index contributed by atoms with van der Waals surface area (Å²) < 4.78 is 5.35. The summed E-state index contributed by atoms with van der Waals surface area (Å²) in [6, 6.07) is 11.7. The molecule has 0 spiro atoms. The van der Waals surface area contributed by atoms with Gasteiger partial charge in [0.05, 0.1) is 5.56 Å². The summed E-state index contributed by atoms with van der Waals surface area (Å²) in [5.41, 5.74) is 2.93. The highest BCUT2D eigenvalue weighted by Crippen LogP contribution is 2.19. The van der Waals surface area contributed by atoms with E-state index in [2.05, 4.69) is 5.32 Å². The molecule has 22 heavy (non-hydrogen) atoms. The van der Waals surface area contributed by atoms with Crippen LogP contribution in [-0.2, 0) is 4.79 Å². The molecule has 0 heterocycles. The molecule has 2 N–H and O–H groups in total. The number of ether oxygens (including phenoxy) is 1. The van der Waals surface area contributed by atoms with Gasteiger partial charge in [0.2, 0.25) is 0 Å². The van der Waals surface area contributed by atoms with Crippen molar-refractivity contribution in [2.45, 2.75) is 13.8 Å². The van der Waals surface area contributed by atoms with Crippen molar-refractivity contribution in [3.05, 3.63) is 59.2 Å². The van der Waals surface area contributed by atoms with Crippen LogP contribution in [0.4, 0.5) is 5.69 Å². The topological polar surface area (TPSA) is 75.6 Å². The molecule has 0 aliphatic rings. The molecule has 2 aromatic carbocycles. The number of carboxylic acid groups (broad SMARTS) is 1. The molecule has 0 saturated carbocycles. The number of nitrogens with one attached hydrogen (secondary N) is 1. The maximum Gasteiger partial charge on any atom is 0.335 e. The third kappa shape index (κ3) is 3.85.